The smallest absolute Gasteiger partial charge is 0.246 e. The summed E-state index contributed by atoms with van der Waals surface area (Å²) in [6, 6.07) is 11.4. The predicted octanol–water partition coefficient (Wildman–Crippen LogP) is 3.75. The fourth-order valence-corrected chi connectivity index (χ4v) is 4.40. The van der Waals surface area contributed by atoms with Gasteiger partial charge in [-0.25, -0.2) is 0 Å². The molecule has 1 saturated carbocycles. The Labute approximate surface area is 158 Å². The summed E-state index contributed by atoms with van der Waals surface area (Å²) in [6.07, 6.45) is 7.03. The van der Waals surface area contributed by atoms with Gasteiger partial charge in [0, 0.05) is 25.2 Å². The molecular formula is C22H34N2O2. The molecule has 4 nitrogen and oxygen atoms in total. The zero-order chi connectivity index (χ0) is 18.4. The molecule has 2 fully saturated rings. The molecule has 1 aromatic rings. The first-order valence-corrected chi connectivity index (χ1v) is 10.3. The maximum absolute atomic E-state index is 12.3. The van der Waals surface area contributed by atoms with Crippen molar-refractivity contribution in [2.75, 3.05) is 13.2 Å². The van der Waals surface area contributed by atoms with Crippen LogP contribution in [0.4, 0.5) is 0 Å². The van der Waals surface area contributed by atoms with Gasteiger partial charge >= 0.3 is 0 Å². The number of amides is 1. The molecule has 144 valence electrons. The van der Waals surface area contributed by atoms with Crippen LogP contribution < -0.4 is 5.32 Å². The number of ether oxygens (including phenoxy) is 1. The summed E-state index contributed by atoms with van der Waals surface area (Å²) >= 11 is 0. The number of piperidine rings is 1. The average molecular weight is 359 g/mol. The SMILES string of the molecule is C[C@@H]1CCC[C@H](OCC(=O)N[C@H]2CCN(Cc3ccccc3)[C@H](C)C2)C1. The highest BCUT2D eigenvalue weighted by atomic mass is 16.5. The molecule has 26 heavy (non-hydrogen) atoms. The summed E-state index contributed by atoms with van der Waals surface area (Å²) in [6.45, 7) is 6.78. The maximum atomic E-state index is 12.3. The quantitative estimate of drug-likeness (QED) is 0.842. The van der Waals surface area contributed by atoms with Crippen LogP contribution in [-0.4, -0.2) is 42.1 Å². The molecule has 1 amide bonds. The summed E-state index contributed by atoms with van der Waals surface area (Å²) in [5.74, 6) is 0.781. The molecule has 0 radical (unpaired) electrons. The molecule has 0 bridgehead atoms. The molecule has 0 aromatic heterocycles. The van der Waals surface area contributed by atoms with Crippen molar-refractivity contribution >= 4 is 5.91 Å². The summed E-state index contributed by atoms with van der Waals surface area (Å²) in [5.41, 5.74) is 1.36. The van der Waals surface area contributed by atoms with Crippen molar-refractivity contribution in [2.24, 2.45) is 5.92 Å². The third-order valence-electron chi connectivity index (χ3n) is 5.95. The fraction of sp³-hybridized carbons (Fsp3) is 0.682. The Balaban J connectivity index is 1.37. The van der Waals surface area contributed by atoms with E-state index < -0.39 is 0 Å². The van der Waals surface area contributed by atoms with Crippen molar-refractivity contribution in [3.8, 4) is 0 Å². The number of nitrogens with zero attached hydrogens (tertiary/aromatic N) is 1. The second kappa shape index (κ2) is 9.52. The average Bonchev–Trinajstić information content (AvgIpc) is 2.63. The van der Waals surface area contributed by atoms with Crippen molar-refractivity contribution in [1.82, 2.24) is 10.2 Å². The van der Waals surface area contributed by atoms with E-state index in [2.05, 4.69) is 54.4 Å². The number of carbonyl (C=O) groups excluding carboxylic acids is 1. The minimum atomic E-state index is 0.0527. The van der Waals surface area contributed by atoms with E-state index in [9.17, 15) is 4.79 Å². The monoisotopic (exact) mass is 358 g/mol. The highest BCUT2D eigenvalue weighted by Crippen LogP contribution is 2.25. The molecule has 1 aliphatic heterocycles. The third-order valence-corrected chi connectivity index (χ3v) is 5.95. The lowest BCUT2D eigenvalue weighted by Gasteiger charge is -2.38. The summed E-state index contributed by atoms with van der Waals surface area (Å²) < 4.78 is 5.86. The zero-order valence-electron chi connectivity index (χ0n) is 16.3. The van der Waals surface area contributed by atoms with Crippen LogP contribution in [0.1, 0.15) is 57.9 Å². The molecule has 4 heteroatoms. The van der Waals surface area contributed by atoms with Gasteiger partial charge in [-0.2, -0.15) is 0 Å². The van der Waals surface area contributed by atoms with Crippen LogP contribution >= 0.6 is 0 Å². The molecule has 0 unspecified atom stereocenters. The van der Waals surface area contributed by atoms with Gasteiger partial charge in [-0.1, -0.05) is 50.1 Å². The topological polar surface area (TPSA) is 41.6 Å². The van der Waals surface area contributed by atoms with Gasteiger partial charge in [0.15, 0.2) is 0 Å². The summed E-state index contributed by atoms with van der Waals surface area (Å²) in [7, 11) is 0. The number of nitrogens with one attached hydrogen (secondary N) is 1. The minimum absolute atomic E-state index is 0.0527. The minimum Gasteiger partial charge on any atom is -0.368 e. The highest BCUT2D eigenvalue weighted by Gasteiger charge is 2.27. The van der Waals surface area contributed by atoms with Crippen molar-refractivity contribution in [3.63, 3.8) is 0 Å². The standard InChI is InChI=1S/C22H34N2O2/c1-17-7-6-10-21(13-17)26-16-22(25)23-20-11-12-24(18(2)14-20)15-19-8-4-3-5-9-19/h3-5,8-9,17-18,20-21H,6-7,10-16H2,1-2H3,(H,23,25)/t17-,18-,20+,21+/m1/s1. The lowest BCUT2D eigenvalue weighted by molar-refractivity contribution is -0.129. The van der Waals surface area contributed by atoms with E-state index in [0.717, 1.165) is 44.7 Å². The van der Waals surface area contributed by atoms with E-state index in [-0.39, 0.29) is 24.7 Å². The Morgan fingerprint density at radius 3 is 2.69 bits per heavy atom. The Morgan fingerprint density at radius 1 is 1.15 bits per heavy atom. The van der Waals surface area contributed by atoms with Gasteiger partial charge in [-0.05, 0) is 44.1 Å². The zero-order valence-corrected chi connectivity index (χ0v) is 16.3. The molecule has 1 aromatic carbocycles. The molecule has 1 saturated heterocycles. The van der Waals surface area contributed by atoms with Crippen LogP contribution in [0.2, 0.25) is 0 Å². The Morgan fingerprint density at radius 2 is 1.96 bits per heavy atom. The molecule has 1 N–H and O–H groups in total. The number of carbonyl (C=O) groups is 1. The first-order valence-electron chi connectivity index (χ1n) is 10.3. The lowest BCUT2D eigenvalue weighted by atomic mass is 9.89. The second-order valence-electron chi connectivity index (χ2n) is 8.30. The molecule has 1 aliphatic carbocycles. The lowest BCUT2D eigenvalue weighted by Crippen LogP contribution is -2.49. The Hall–Kier alpha value is -1.39. The van der Waals surface area contributed by atoms with Gasteiger partial charge in [-0.15, -0.1) is 0 Å². The fourth-order valence-electron chi connectivity index (χ4n) is 4.40. The van der Waals surface area contributed by atoms with Crippen LogP contribution in [-0.2, 0) is 16.1 Å². The predicted molar refractivity (Wildman–Crippen MR) is 105 cm³/mol. The van der Waals surface area contributed by atoms with Crippen molar-refractivity contribution in [3.05, 3.63) is 35.9 Å². The van der Waals surface area contributed by atoms with Crippen LogP contribution in [0.15, 0.2) is 30.3 Å². The van der Waals surface area contributed by atoms with Crippen LogP contribution in [0.5, 0.6) is 0 Å². The second-order valence-corrected chi connectivity index (χ2v) is 8.30. The molecule has 0 spiro atoms. The van der Waals surface area contributed by atoms with Crippen molar-refractivity contribution < 1.29 is 9.53 Å². The number of hydrogen-bond donors (Lipinski definition) is 1. The number of benzene rings is 1. The number of hydrogen-bond acceptors (Lipinski definition) is 3. The molecule has 3 rings (SSSR count). The van der Waals surface area contributed by atoms with E-state index in [4.69, 9.17) is 4.74 Å². The van der Waals surface area contributed by atoms with Crippen molar-refractivity contribution in [2.45, 2.75) is 77.1 Å². The first kappa shape index (κ1) is 19.4. The van der Waals surface area contributed by atoms with Crippen LogP contribution in [0.3, 0.4) is 0 Å². The molecule has 2 aliphatic rings. The van der Waals surface area contributed by atoms with Crippen molar-refractivity contribution in [1.29, 1.82) is 0 Å². The Kier molecular flexibility index (Phi) is 7.09. The van der Waals surface area contributed by atoms with Gasteiger partial charge in [-0.3, -0.25) is 9.69 Å². The normalized spacial score (nSPS) is 30.1. The summed E-state index contributed by atoms with van der Waals surface area (Å²) in [4.78, 5) is 14.8. The van der Waals surface area contributed by atoms with E-state index in [1.807, 2.05) is 0 Å². The van der Waals surface area contributed by atoms with Gasteiger partial charge in [0.25, 0.3) is 0 Å². The largest absolute Gasteiger partial charge is 0.368 e. The Bertz CT molecular complexity index is 563. The van der Waals surface area contributed by atoms with Gasteiger partial charge < -0.3 is 10.1 Å². The first-order chi connectivity index (χ1) is 12.6. The van der Waals surface area contributed by atoms with Gasteiger partial charge in [0.2, 0.25) is 5.91 Å². The van der Waals surface area contributed by atoms with E-state index in [1.165, 1.54) is 18.4 Å². The number of rotatable bonds is 6. The van der Waals surface area contributed by atoms with E-state index in [0.29, 0.717) is 6.04 Å². The molecular weight excluding hydrogens is 324 g/mol. The number of likely N-dealkylation sites (tertiary alicyclic amines) is 1. The van der Waals surface area contributed by atoms with E-state index >= 15 is 0 Å². The molecule has 1 heterocycles. The van der Waals surface area contributed by atoms with Gasteiger partial charge in [0.05, 0.1) is 6.10 Å². The van der Waals surface area contributed by atoms with E-state index in [1.54, 1.807) is 0 Å². The molecule has 4 atom stereocenters. The van der Waals surface area contributed by atoms with Crippen LogP contribution in [0, 0.1) is 5.92 Å². The highest BCUT2D eigenvalue weighted by molar-refractivity contribution is 5.77. The summed E-state index contributed by atoms with van der Waals surface area (Å²) in [5, 5.41) is 3.19. The van der Waals surface area contributed by atoms with Crippen LogP contribution in [0.25, 0.3) is 0 Å². The third kappa shape index (κ3) is 5.82. The maximum Gasteiger partial charge on any atom is 0.246 e. The van der Waals surface area contributed by atoms with Gasteiger partial charge in [0.1, 0.15) is 6.61 Å².